The van der Waals surface area contributed by atoms with Crippen molar-refractivity contribution in [2.45, 2.75) is 24.9 Å². The fraction of sp³-hybridized carbons (Fsp3) is 0.500. The molecule has 4 aliphatic rings. The van der Waals surface area contributed by atoms with Crippen molar-refractivity contribution in [1.29, 1.82) is 5.26 Å². The number of urea groups is 1. The number of carbonyl (C=O) groups excluding carboxylic acids is 3. The summed E-state index contributed by atoms with van der Waals surface area (Å²) in [7, 11) is 0. The summed E-state index contributed by atoms with van der Waals surface area (Å²) in [5.74, 6) is -0.488. The van der Waals surface area contributed by atoms with E-state index in [9.17, 15) is 14.4 Å². The Morgan fingerprint density at radius 3 is 2.52 bits per heavy atom. The third kappa shape index (κ3) is 4.09. The summed E-state index contributed by atoms with van der Waals surface area (Å²) in [6.07, 6.45) is 0.429. The summed E-state index contributed by atoms with van der Waals surface area (Å²) in [5.41, 5.74) is 0.864. The predicted molar refractivity (Wildman–Crippen MR) is 105 cm³/mol. The summed E-state index contributed by atoms with van der Waals surface area (Å²) < 4.78 is 0. The quantitative estimate of drug-likeness (QED) is 0.649. The second kappa shape index (κ2) is 8.19. The normalized spacial score (nSPS) is 28.2. The Balaban J connectivity index is 1.26. The number of hydrogen-bond donors (Lipinski definition) is 2. The third-order valence-electron chi connectivity index (χ3n) is 5.86. The number of benzene rings is 1. The van der Waals surface area contributed by atoms with Crippen molar-refractivity contribution in [3.63, 3.8) is 0 Å². The minimum Gasteiger partial charge on any atom is -0.354 e. The van der Waals surface area contributed by atoms with Crippen LogP contribution in [0.15, 0.2) is 24.3 Å². The summed E-state index contributed by atoms with van der Waals surface area (Å²) in [4.78, 5) is 43.0. The standard InChI is InChI=1S/C20H24N6O3/c21-11-14-1-3-15(4-2-14)26-19(28)17(23-20(26)29)5-6-18(27)22-12-16-13-24-7-9-25(16)10-8-24/h1-4,16-17H,5-10,12-13H2,(H,22,27)(H,23,29). The van der Waals surface area contributed by atoms with E-state index in [2.05, 4.69) is 20.4 Å². The van der Waals surface area contributed by atoms with E-state index in [4.69, 9.17) is 5.26 Å². The van der Waals surface area contributed by atoms with Gasteiger partial charge in [0.05, 0.1) is 17.3 Å². The molecule has 4 aliphatic heterocycles. The van der Waals surface area contributed by atoms with Gasteiger partial charge in [-0.15, -0.1) is 0 Å². The van der Waals surface area contributed by atoms with Gasteiger partial charge in [-0.2, -0.15) is 5.26 Å². The van der Waals surface area contributed by atoms with Crippen LogP contribution in [0.1, 0.15) is 18.4 Å². The first-order valence-electron chi connectivity index (χ1n) is 9.93. The third-order valence-corrected chi connectivity index (χ3v) is 5.86. The lowest BCUT2D eigenvalue weighted by Crippen LogP contribution is -2.63. The van der Waals surface area contributed by atoms with Gasteiger partial charge in [-0.25, -0.2) is 9.69 Å². The molecule has 4 heterocycles. The molecule has 152 valence electrons. The summed E-state index contributed by atoms with van der Waals surface area (Å²) in [5, 5.41) is 14.5. The number of rotatable bonds is 6. The molecule has 0 spiro atoms. The van der Waals surface area contributed by atoms with E-state index in [1.807, 2.05) is 6.07 Å². The van der Waals surface area contributed by atoms with Crippen molar-refractivity contribution in [3.8, 4) is 6.07 Å². The van der Waals surface area contributed by atoms with E-state index >= 15 is 0 Å². The van der Waals surface area contributed by atoms with E-state index in [0.717, 1.165) is 37.6 Å². The van der Waals surface area contributed by atoms with Gasteiger partial charge in [-0.3, -0.25) is 19.4 Å². The molecule has 4 amide bonds. The molecule has 2 unspecified atom stereocenters. The summed E-state index contributed by atoms with van der Waals surface area (Å²) >= 11 is 0. The van der Waals surface area contributed by atoms with Crippen LogP contribution in [0.2, 0.25) is 0 Å². The van der Waals surface area contributed by atoms with Gasteiger partial charge < -0.3 is 10.6 Å². The van der Waals surface area contributed by atoms with Crippen molar-refractivity contribution >= 4 is 23.5 Å². The maximum atomic E-state index is 12.6. The smallest absolute Gasteiger partial charge is 0.329 e. The van der Waals surface area contributed by atoms with Gasteiger partial charge in [-0.05, 0) is 30.7 Å². The number of anilines is 1. The Hall–Kier alpha value is -2.96. The van der Waals surface area contributed by atoms with E-state index in [0.29, 0.717) is 23.8 Å². The molecule has 9 nitrogen and oxygen atoms in total. The first kappa shape index (κ1) is 19.4. The number of nitrogens with zero attached hydrogens (tertiary/aromatic N) is 4. The molecule has 9 heteroatoms. The van der Waals surface area contributed by atoms with Crippen LogP contribution < -0.4 is 15.5 Å². The Bertz CT molecular complexity index is 841. The minimum atomic E-state index is -0.718. The highest BCUT2D eigenvalue weighted by Crippen LogP contribution is 2.21. The zero-order valence-corrected chi connectivity index (χ0v) is 16.1. The first-order valence-corrected chi connectivity index (χ1v) is 9.93. The number of nitrogens with one attached hydrogen (secondary N) is 2. The number of hydrogen-bond acceptors (Lipinski definition) is 6. The number of nitriles is 1. The van der Waals surface area contributed by atoms with Crippen LogP contribution in [-0.2, 0) is 9.59 Å². The minimum absolute atomic E-state index is 0.110. The van der Waals surface area contributed by atoms with Crippen molar-refractivity contribution in [1.82, 2.24) is 20.4 Å². The highest BCUT2D eigenvalue weighted by atomic mass is 16.2. The van der Waals surface area contributed by atoms with Gasteiger partial charge in [0.25, 0.3) is 5.91 Å². The monoisotopic (exact) mass is 396 g/mol. The molecule has 0 aromatic heterocycles. The van der Waals surface area contributed by atoms with Crippen LogP contribution in [0, 0.1) is 11.3 Å². The van der Waals surface area contributed by atoms with E-state index in [1.54, 1.807) is 24.3 Å². The molecular formula is C20H24N6O3. The number of amides is 4. The van der Waals surface area contributed by atoms with Gasteiger partial charge in [0.1, 0.15) is 6.04 Å². The van der Waals surface area contributed by atoms with Gasteiger partial charge in [0, 0.05) is 51.7 Å². The predicted octanol–water partition coefficient (Wildman–Crippen LogP) is -0.121. The molecule has 2 atom stereocenters. The zero-order valence-electron chi connectivity index (χ0n) is 16.1. The van der Waals surface area contributed by atoms with Crippen LogP contribution >= 0.6 is 0 Å². The number of carbonyl (C=O) groups is 3. The lowest BCUT2D eigenvalue weighted by Gasteiger charge is -2.47. The van der Waals surface area contributed by atoms with Crippen LogP contribution in [0.4, 0.5) is 10.5 Å². The van der Waals surface area contributed by atoms with Crippen LogP contribution in [-0.4, -0.2) is 79.0 Å². The Morgan fingerprint density at radius 2 is 1.90 bits per heavy atom. The maximum Gasteiger partial charge on any atom is 0.329 e. The molecule has 29 heavy (non-hydrogen) atoms. The SMILES string of the molecule is N#Cc1ccc(N2C(=O)NC(CCC(=O)NCC3CN4CCN3CC4)C2=O)cc1. The van der Waals surface area contributed by atoms with Crippen molar-refractivity contribution in [2.75, 3.05) is 44.2 Å². The molecular weight excluding hydrogens is 372 g/mol. The number of imide groups is 1. The lowest BCUT2D eigenvalue weighted by molar-refractivity contribution is -0.122. The number of fused-ring (bicyclic) bond motifs is 3. The van der Waals surface area contributed by atoms with Gasteiger partial charge in [0.15, 0.2) is 0 Å². The Morgan fingerprint density at radius 1 is 1.17 bits per heavy atom. The molecule has 0 saturated carbocycles. The van der Waals surface area contributed by atoms with Crippen molar-refractivity contribution in [3.05, 3.63) is 29.8 Å². The average molecular weight is 396 g/mol. The molecule has 1 aromatic carbocycles. The molecule has 5 rings (SSSR count). The topological polar surface area (TPSA) is 109 Å². The van der Waals surface area contributed by atoms with Gasteiger partial charge in [-0.1, -0.05) is 0 Å². The molecule has 1 aromatic rings. The van der Waals surface area contributed by atoms with Crippen LogP contribution in [0.3, 0.4) is 0 Å². The zero-order chi connectivity index (χ0) is 20.4. The van der Waals surface area contributed by atoms with Gasteiger partial charge in [0.2, 0.25) is 5.91 Å². The highest BCUT2D eigenvalue weighted by molar-refractivity contribution is 6.21. The molecule has 0 radical (unpaired) electrons. The Labute approximate surface area is 169 Å². The maximum absolute atomic E-state index is 12.6. The fourth-order valence-corrected chi connectivity index (χ4v) is 4.17. The molecule has 0 aliphatic carbocycles. The van der Waals surface area contributed by atoms with E-state index in [1.165, 1.54) is 0 Å². The van der Waals surface area contributed by atoms with Crippen molar-refractivity contribution < 1.29 is 14.4 Å². The van der Waals surface area contributed by atoms with Crippen LogP contribution in [0.25, 0.3) is 0 Å². The van der Waals surface area contributed by atoms with Crippen LogP contribution in [0.5, 0.6) is 0 Å². The molecule has 2 N–H and O–H groups in total. The molecule has 2 bridgehead atoms. The first-order chi connectivity index (χ1) is 14.0. The second-order valence-corrected chi connectivity index (χ2v) is 7.67. The number of piperazine rings is 3. The van der Waals surface area contributed by atoms with Crippen molar-refractivity contribution in [2.24, 2.45) is 0 Å². The van der Waals surface area contributed by atoms with E-state index < -0.39 is 12.1 Å². The second-order valence-electron chi connectivity index (χ2n) is 7.67. The average Bonchev–Trinajstić information content (AvgIpc) is 3.04. The molecule has 4 fully saturated rings. The lowest BCUT2D eigenvalue weighted by atomic mass is 10.1. The summed E-state index contributed by atoms with van der Waals surface area (Å²) in [6.45, 7) is 5.89. The fourth-order valence-electron chi connectivity index (χ4n) is 4.17. The van der Waals surface area contributed by atoms with E-state index in [-0.39, 0.29) is 24.7 Å². The highest BCUT2D eigenvalue weighted by Gasteiger charge is 2.39. The summed E-state index contributed by atoms with van der Waals surface area (Å²) in [6, 6.07) is 7.36. The molecule has 4 saturated heterocycles. The Kier molecular flexibility index (Phi) is 5.47. The largest absolute Gasteiger partial charge is 0.354 e. The van der Waals surface area contributed by atoms with Gasteiger partial charge >= 0.3 is 6.03 Å².